The van der Waals surface area contributed by atoms with Crippen LogP contribution in [0.2, 0.25) is 0 Å². The Bertz CT molecular complexity index is 606. The molecule has 3 amide bonds. The van der Waals surface area contributed by atoms with Crippen molar-refractivity contribution >= 4 is 17.6 Å². The number of urea groups is 1. The van der Waals surface area contributed by atoms with Gasteiger partial charge in [-0.05, 0) is 49.3 Å². The number of rotatable bonds is 3. The standard InChI is InChI=1S/C20H29N3O2/c1-15(2)16-7-9-18(10-8-16)21-19(24)17-6-5-13-23(14-17)20(25)22-11-3-4-12-22/h7-10,15,17H,3-6,11-14H2,1-2H3,(H,21,24). The normalized spacial score (nSPS) is 20.8. The Hall–Kier alpha value is -2.04. The van der Waals surface area contributed by atoms with Gasteiger partial charge in [0.25, 0.3) is 0 Å². The Kier molecular flexibility index (Phi) is 5.61. The molecule has 1 atom stereocenters. The number of benzene rings is 1. The summed E-state index contributed by atoms with van der Waals surface area (Å²) in [7, 11) is 0. The van der Waals surface area contributed by atoms with Crippen molar-refractivity contribution in [3.63, 3.8) is 0 Å². The van der Waals surface area contributed by atoms with Crippen LogP contribution in [0, 0.1) is 5.92 Å². The maximum atomic E-state index is 12.6. The van der Waals surface area contributed by atoms with Gasteiger partial charge in [-0.2, -0.15) is 0 Å². The zero-order valence-electron chi connectivity index (χ0n) is 15.3. The van der Waals surface area contributed by atoms with E-state index in [1.807, 2.05) is 21.9 Å². The van der Waals surface area contributed by atoms with Gasteiger partial charge in [0.2, 0.25) is 5.91 Å². The van der Waals surface area contributed by atoms with Gasteiger partial charge >= 0.3 is 6.03 Å². The zero-order valence-corrected chi connectivity index (χ0v) is 15.3. The second-order valence-corrected chi connectivity index (χ2v) is 7.53. The van der Waals surface area contributed by atoms with E-state index in [0.29, 0.717) is 12.5 Å². The van der Waals surface area contributed by atoms with Crippen molar-refractivity contribution in [3.8, 4) is 0 Å². The molecule has 2 fully saturated rings. The maximum Gasteiger partial charge on any atom is 0.320 e. The van der Waals surface area contributed by atoms with Crippen LogP contribution in [0.5, 0.6) is 0 Å². The van der Waals surface area contributed by atoms with Crippen LogP contribution in [0.15, 0.2) is 24.3 Å². The van der Waals surface area contributed by atoms with Crippen LogP contribution < -0.4 is 5.32 Å². The summed E-state index contributed by atoms with van der Waals surface area (Å²) >= 11 is 0. The fourth-order valence-electron chi connectivity index (χ4n) is 3.67. The molecule has 1 N–H and O–H groups in total. The predicted octanol–water partition coefficient (Wildman–Crippen LogP) is 3.68. The second kappa shape index (κ2) is 7.89. The van der Waals surface area contributed by atoms with Crippen molar-refractivity contribution in [2.75, 3.05) is 31.5 Å². The molecule has 2 aliphatic heterocycles. The number of nitrogens with one attached hydrogen (secondary N) is 1. The average Bonchev–Trinajstić information content (AvgIpc) is 3.16. The summed E-state index contributed by atoms with van der Waals surface area (Å²) in [5, 5.41) is 3.02. The highest BCUT2D eigenvalue weighted by molar-refractivity contribution is 5.93. The lowest BCUT2D eigenvalue weighted by Crippen LogP contribution is -2.48. The Morgan fingerprint density at radius 3 is 2.28 bits per heavy atom. The van der Waals surface area contributed by atoms with Gasteiger partial charge in [0.1, 0.15) is 0 Å². The third-order valence-electron chi connectivity index (χ3n) is 5.28. The molecule has 0 aliphatic carbocycles. The fraction of sp³-hybridized carbons (Fsp3) is 0.600. The van der Waals surface area contributed by atoms with E-state index in [1.165, 1.54) is 5.56 Å². The lowest BCUT2D eigenvalue weighted by Gasteiger charge is -2.34. The summed E-state index contributed by atoms with van der Waals surface area (Å²) in [4.78, 5) is 28.9. The van der Waals surface area contributed by atoms with Crippen molar-refractivity contribution in [1.82, 2.24) is 9.80 Å². The van der Waals surface area contributed by atoms with E-state index in [2.05, 4.69) is 31.3 Å². The first-order valence-electron chi connectivity index (χ1n) is 9.49. The number of nitrogens with zero attached hydrogens (tertiary/aromatic N) is 2. The number of hydrogen-bond acceptors (Lipinski definition) is 2. The van der Waals surface area contributed by atoms with Crippen LogP contribution >= 0.6 is 0 Å². The average molecular weight is 343 g/mol. The van der Waals surface area contributed by atoms with E-state index in [-0.39, 0.29) is 17.9 Å². The zero-order chi connectivity index (χ0) is 17.8. The molecular formula is C20H29N3O2. The molecular weight excluding hydrogens is 314 g/mol. The van der Waals surface area contributed by atoms with E-state index >= 15 is 0 Å². The SMILES string of the molecule is CC(C)c1ccc(NC(=O)C2CCCN(C(=O)N3CCCC3)C2)cc1. The molecule has 0 spiro atoms. The minimum atomic E-state index is -0.120. The summed E-state index contributed by atoms with van der Waals surface area (Å²) in [6, 6.07) is 8.15. The molecule has 5 nitrogen and oxygen atoms in total. The van der Waals surface area contributed by atoms with Gasteiger partial charge in [-0.25, -0.2) is 4.79 Å². The topological polar surface area (TPSA) is 52.7 Å². The van der Waals surface area contributed by atoms with Gasteiger partial charge in [0.05, 0.1) is 5.92 Å². The van der Waals surface area contributed by atoms with Crippen LogP contribution in [0.1, 0.15) is 51.0 Å². The van der Waals surface area contributed by atoms with E-state index in [1.54, 1.807) is 0 Å². The molecule has 0 saturated carbocycles. The second-order valence-electron chi connectivity index (χ2n) is 7.53. The fourth-order valence-corrected chi connectivity index (χ4v) is 3.67. The number of likely N-dealkylation sites (tertiary alicyclic amines) is 2. The molecule has 0 aromatic heterocycles. The molecule has 1 aromatic rings. The molecule has 2 heterocycles. The third kappa shape index (κ3) is 4.33. The summed E-state index contributed by atoms with van der Waals surface area (Å²) < 4.78 is 0. The highest BCUT2D eigenvalue weighted by atomic mass is 16.2. The summed E-state index contributed by atoms with van der Waals surface area (Å²) in [6.07, 6.45) is 3.93. The Labute approximate surface area is 150 Å². The quantitative estimate of drug-likeness (QED) is 0.910. The van der Waals surface area contributed by atoms with E-state index < -0.39 is 0 Å². The first kappa shape index (κ1) is 17.8. The van der Waals surface area contributed by atoms with Gasteiger partial charge in [-0.1, -0.05) is 26.0 Å². The number of piperidine rings is 1. The molecule has 3 rings (SSSR count). The van der Waals surface area contributed by atoms with Gasteiger partial charge in [0, 0.05) is 31.9 Å². The Morgan fingerprint density at radius 1 is 1.00 bits per heavy atom. The maximum absolute atomic E-state index is 12.6. The van der Waals surface area contributed by atoms with Crippen molar-refractivity contribution in [2.24, 2.45) is 5.92 Å². The van der Waals surface area contributed by atoms with Crippen molar-refractivity contribution in [2.45, 2.75) is 45.4 Å². The van der Waals surface area contributed by atoms with E-state index in [4.69, 9.17) is 0 Å². The molecule has 2 saturated heterocycles. The van der Waals surface area contributed by atoms with Crippen LogP contribution in [-0.4, -0.2) is 47.9 Å². The summed E-state index contributed by atoms with van der Waals surface area (Å²) in [5.74, 6) is 0.384. The number of hydrogen-bond donors (Lipinski definition) is 1. The molecule has 0 radical (unpaired) electrons. The molecule has 1 unspecified atom stereocenters. The molecule has 1 aromatic carbocycles. The molecule has 5 heteroatoms. The summed E-state index contributed by atoms with van der Waals surface area (Å²) in [5.41, 5.74) is 2.09. The van der Waals surface area contributed by atoms with Crippen molar-refractivity contribution in [3.05, 3.63) is 29.8 Å². The first-order chi connectivity index (χ1) is 12.0. The van der Waals surface area contributed by atoms with Gasteiger partial charge in [-0.15, -0.1) is 0 Å². The molecule has 25 heavy (non-hydrogen) atoms. The van der Waals surface area contributed by atoms with Crippen LogP contribution in [0.3, 0.4) is 0 Å². The van der Waals surface area contributed by atoms with Crippen LogP contribution in [0.4, 0.5) is 10.5 Å². The number of carbonyl (C=O) groups excluding carboxylic acids is 2. The predicted molar refractivity (Wildman–Crippen MR) is 99.7 cm³/mol. The van der Waals surface area contributed by atoms with Gasteiger partial charge in [-0.3, -0.25) is 4.79 Å². The highest BCUT2D eigenvalue weighted by Gasteiger charge is 2.31. The molecule has 2 aliphatic rings. The van der Waals surface area contributed by atoms with Crippen LogP contribution in [-0.2, 0) is 4.79 Å². The van der Waals surface area contributed by atoms with Gasteiger partial charge in [0.15, 0.2) is 0 Å². The lowest BCUT2D eigenvalue weighted by atomic mass is 9.97. The molecule has 136 valence electrons. The first-order valence-corrected chi connectivity index (χ1v) is 9.49. The largest absolute Gasteiger partial charge is 0.326 e. The minimum absolute atomic E-state index is 0.0243. The number of amides is 3. The number of carbonyl (C=O) groups is 2. The number of anilines is 1. The molecule has 0 bridgehead atoms. The monoisotopic (exact) mass is 343 g/mol. The van der Waals surface area contributed by atoms with Crippen LogP contribution in [0.25, 0.3) is 0 Å². The summed E-state index contributed by atoms with van der Waals surface area (Å²) in [6.45, 7) is 7.32. The lowest BCUT2D eigenvalue weighted by molar-refractivity contribution is -0.121. The Balaban J connectivity index is 1.57. The minimum Gasteiger partial charge on any atom is -0.326 e. The van der Waals surface area contributed by atoms with Gasteiger partial charge < -0.3 is 15.1 Å². The van der Waals surface area contributed by atoms with E-state index in [0.717, 1.165) is 51.0 Å². The van der Waals surface area contributed by atoms with Crippen molar-refractivity contribution < 1.29 is 9.59 Å². The highest BCUT2D eigenvalue weighted by Crippen LogP contribution is 2.22. The third-order valence-corrected chi connectivity index (χ3v) is 5.28. The van der Waals surface area contributed by atoms with Crippen molar-refractivity contribution in [1.29, 1.82) is 0 Å². The Morgan fingerprint density at radius 2 is 1.64 bits per heavy atom. The van der Waals surface area contributed by atoms with E-state index in [9.17, 15) is 9.59 Å². The smallest absolute Gasteiger partial charge is 0.320 e.